The first kappa shape index (κ1) is 95.4. The number of fused-ring (bicyclic) bond motifs is 16. The number of aliphatic hydroxyl groups is 5. The van der Waals surface area contributed by atoms with E-state index in [1.807, 2.05) is 27.9 Å². The summed E-state index contributed by atoms with van der Waals surface area (Å²) in [4.78, 5) is 52.1. The Balaban J connectivity index is 0.000000110. The minimum absolute atomic E-state index is 0.0267. The van der Waals surface area contributed by atoms with Gasteiger partial charge in [0, 0.05) is 54.0 Å². The van der Waals surface area contributed by atoms with Gasteiger partial charge in [0.05, 0.1) is 66.6 Å². The van der Waals surface area contributed by atoms with Crippen LogP contribution in [0.25, 0.3) is 5.57 Å². The first-order valence-corrected chi connectivity index (χ1v) is 54.5. The second kappa shape index (κ2) is 32.2. The van der Waals surface area contributed by atoms with Gasteiger partial charge in [-0.3, -0.25) is 19.2 Å². The minimum Gasteiger partial charge on any atom is -0.468 e. The molecule has 22 fully saturated rings. The Morgan fingerprint density at radius 1 is 0.576 bits per heavy atom. The summed E-state index contributed by atoms with van der Waals surface area (Å²) in [7, 11) is 3.35. The van der Waals surface area contributed by atoms with Crippen LogP contribution in [0.4, 0.5) is 0 Å². The topological polar surface area (TPSA) is 230 Å². The molecular weight excluding hydrogens is 1640 g/mol. The van der Waals surface area contributed by atoms with E-state index in [-0.39, 0.29) is 107 Å². The van der Waals surface area contributed by atoms with Gasteiger partial charge in [0.15, 0.2) is 5.78 Å². The molecule has 0 aromatic heterocycles. The largest absolute Gasteiger partial charge is 0.468 e. The quantitative estimate of drug-likeness (QED) is 0.125. The van der Waals surface area contributed by atoms with E-state index in [9.17, 15) is 50.0 Å². The molecule has 2 aromatic carbocycles. The molecule has 5 N–H and O–H groups in total. The van der Waals surface area contributed by atoms with Crippen LogP contribution in [-0.4, -0.2) is 122 Å². The van der Waals surface area contributed by atoms with Crippen LogP contribution < -0.4 is 0 Å². The number of Topliss-reactive ketones (excluding diaryl/α,β-unsaturated/α-hetero) is 3. The van der Waals surface area contributed by atoms with E-state index in [2.05, 4.69) is 170 Å². The van der Waals surface area contributed by atoms with Crippen LogP contribution in [0.2, 0.25) is 0 Å². The van der Waals surface area contributed by atoms with E-state index in [1.165, 1.54) is 139 Å². The summed E-state index contributed by atoms with van der Waals surface area (Å²) in [5.74, 6) is 9.72. The SMILES string of the molecule is CC(=O)C12CCCCC1CC1C3CC(C)C4(O)CC(=O)CCC4(C)C3CCC12C.CC(C)(O)C1CC[C@](C)(C2C(O)C[C@@]3(C)C4C[C@H](O)C5C(C)(C)C(O)CCC56CC46CCC23C)O1.CC(CC=C(c1ccccc1)c1ccccc1)C1CCC2C3CCC4CC5CC[C@]4(C)[C@@]3(O5)C(=O)C[C@]12C.COC(=O)C(C#N)C(C)C1CCC2C3CC(OC)C45CC4CCC5(C)C3CCC12C. The van der Waals surface area contributed by atoms with E-state index in [0.29, 0.717) is 118 Å². The van der Waals surface area contributed by atoms with Crippen LogP contribution in [0.15, 0.2) is 66.7 Å². The molecule has 132 heavy (non-hydrogen) atoms. The highest BCUT2D eigenvalue weighted by Gasteiger charge is 2.86. The number of methoxy groups -OCH3 is 2. The molecule has 0 amide bonds. The molecule has 4 spiro atoms. The van der Waals surface area contributed by atoms with Crippen molar-refractivity contribution >= 4 is 28.9 Å². The number of hydrogen-bond acceptors (Lipinski definition) is 14. The van der Waals surface area contributed by atoms with Crippen LogP contribution >= 0.6 is 0 Å². The fourth-order valence-electron chi connectivity index (χ4n) is 43.3. The van der Waals surface area contributed by atoms with Gasteiger partial charge in [0.25, 0.3) is 0 Å². The fourth-order valence-corrected chi connectivity index (χ4v) is 43.3. The standard InChI is InChI=1S/C36H44O2.C30H50O5.C26H39NO3.C26H40O3/c1-24(14-16-29(25-10-6-4-7-11-25)26-12-8-5-9-13-26)30-18-19-31-32-17-15-27-22-28-20-21-35(27,3)36(32,38-28)33(37)23-34(30,31)2;1-24(2)20(33)8-11-30-16-29(30)13-12-26(5)23(28(7)10-9-21(35-28)25(3,4)34)18(32)15-27(26,6)19(29)14-17(31)22(24)30;1-15(18(14-27)23(28)30-5)19-6-7-20-17-12-22(29-4)26-13-16(26)8-11-25(26,3)21(17)9-10-24(19,20)2;1-16-13-20-21(24(4)11-8-19(28)15-26(16,24)29)9-12-23(3)22(20)14-18-7-5-6-10-25(18,23)17(2)27/h4-13,16,24,27-28,30-32H,14-15,17-23H2,1-3H3;17-23,31-34H,8-16H2,1-7H3;15-22H,6-13H2,1-5H3;16,18,20-22,29H,5-15H2,1-4H3/t24?,27?,28?,30?,31?,32?,34-,35+,36+;17-,18?,19?,20?,21?,22?,23?,26?,27-,28+,29?,30?;;/m10../s1. The number of esters is 1. The lowest BCUT2D eigenvalue weighted by Gasteiger charge is -2.70. The van der Waals surface area contributed by atoms with Crippen molar-refractivity contribution < 1.29 is 63.7 Å². The first-order chi connectivity index (χ1) is 62.2. The second-order valence-electron chi connectivity index (χ2n) is 54.1. The van der Waals surface area contributed by atoms with Crippen LogP contribution in [-0.2, 0) is 38.1 Å². The summed E-state index contributed by atoms with van der Waals surface area (Å²) < 4.78 is 24.8. The van der Waals surface area contributed by atoms with Gasteiger partial charge in [0.2, 0.25) is 0 Å². The zero-order valence-corrected chi connectivity index (χ0v) is 85.0. The predicted molar refractivity (Wildman–Crippen MR) is 515 cm³/mol. The molecule has 3 heterocycles. The lowest BCUT2D eigenvalue weighted by atomic mass is 9.40. The van der Waals surface area contributed by atoms with E-state index >= 15 is 0 Å². The smallest absolute Gasteiger partial charge is 0.323 e. The number of nitrogens with zero attached hydrogens (tertiary/aromatic N) is 1. The molecule has 41 atom stereocenters. The van der Waals surface area contributed by atoms with Gasteiger partial charge in [-0.2, -0.15) is 5.26 Å². The van der Waals surface area contributed by atoms with Gasteiger partial charge in [0.1, 0.15) is 23.1 Å². The lowest BCUT2D eigenvalue weighted by Crippen LogP contribution is -2.75. The Hall–Kier alpha value is -4.17. The third-order valence-corrected chi connectivity index (χ3v) is 49.6. The van der Waals surface area contributed by atoms with Gasteiger partial charge in [-0.05, 0) is 405 Å². The number of carbonyl (C=O) groups is 4. The molecule has 24 rings (SSSR count). The number of ether oxygens (including phenoxy) is 4. The minimum atomic E-state index is -0.886. The molecule has 19 saturated carbocycles. The van der Waals surface area contributed by atoms with Gasteiger partial charge < -0.3 is 44.5 Å². The molecule has 19 aliphatic carbocycles. The highest BCUT2D eigenvalue weighted by Crippen LogP contribution is 2.90. The molecule has 3 saturated heterocycles. The van der Waals surface area contributed by atoms with Crippen LogP contribution in [0.3, 0.4) is 0 Å². The van der Waals surface area contributed by atoms with Crippen molar-refractivity contribution in [1.29, 1.82) is 5.26 Å². The zero-order chi connectivity index (χ0) is 94.0. The summed E-state index contributed by atoms with van der Waals surface area (Å²) in [6, 6.07) is 23.9. The monoisotopic (exact) mass is 1810 g/mol. The van der Waals surface area contributed by atoms with Gasteiger partial charge in [-0.15, -0.1) is 0 Å². The van der Waals surface area contributed by atoms with E-state index < -0.39 is 40.5 Å². The van der Waals surface area contributed by atoms with Crippen molar-refractivity contribution in [3.63, 3.8) is 0 Å². The maximum Gasteiger partial charge on any atom is 0.323 e. The van der Waals surface area contributed by atoms with E-state index in [4.69, 9.17) is 18.9 Å². The molecule has 14 heteroatoms. The maximum absolute atomic E-state index is 14.4. The number of carbonyl (C=O) groups excluding carboxylic acids is 4. The summed E-state index contributed by atoms with van der Waals surface area (Å²) in [6.07, 6.45) is 42.3. The fraction of sp³-hybridized carbons (Fsp3) is 0.839. The summed E-state index contributed by atoms with van der Waals surface area (Å²) in [6.45, 7) is 38.5. The number of nitriles is 1. The Kier molecular flexibility index (Phi) is 23.2. The molecule has 4 bridgehead atoms. The Morgan fingerprint density at radius 2 is 1.23 bits per heavy atom. The summed E-state index contributed by atoms with van der Waals surface area (Å²) in [5.41, 5.74) is 2.42. The highest BCUT2D eigenvalue weighted by molar-refractivity contribution is 5.91. The average Bonchev–Trinajstić information content (AvgIpc) is 1.45. The molecule has 0 radical (unpaired) electrons. The zero-order valence-electron chi connectivity index (χ0n) is 85.0. The molecule has 2 aromatic rings. The summed E-state index contributed by atoms with van der Waals surface area (Å²) >= 11 is 0. The maximum atomic E-state index is 14.4. The predicted octanol–water partition coefficient (Wildman–Crippen LogP) is 23.5. The Bertz CT molecular complexity index is 4800. The molecule has 3 aliphatic heterocycles. The van der Waals surface area contributed by atoms with Gasteiger partial charge in [-0.1, -0.05) is 170 Å². The number of aliphatic hydroxyl groups excluding tert-OH is 3. The van der Waals surface area contributed by atoms with Gasteiger partial charge >= 0.3 is 5.97 Å². The number of hydrogen-bond donors (Lipinski definition) is 5. The third kappa shape index (κ3) is 12.8. The van der Waals surface area contributed by atoms with Crippen molar-refractivity contribution in [2.24, 2.45) is 189 Å². The van der Waals surface area contributed by atoms with E-state index in [0.717, 1.165) is 127 Å². The third-order valence-electron chi connectivity index (χ3n) is 49.6. The molecular formula is C118H173NO13. The number of ketones is 3. The summed E-state index contributed by atoms with van der Waals surface area (Å²) in [5, 5.41) is 66.5. The second-order valence-corrected chi connectivity index (χ2v) is 54.1. The molecule has 22 aliphatic rings. The normalized spacial score (nSPS) is 52.6. The first-order valence-electron chi connectivity index (χ1n) is 54.5. The molecule has 14 nitrogen and oxygen atoms in total. The van der Waals surface area contributed by atoms with Crippen LogP contribution in [0.1, 0.15) is 366 Å². The van der Waals surface area contributed by atoms with Crippen molar-refractivity contribution in [2.75, 3.05) is 14.2 Å². The number of rotatable bonds is 12. The highest BCUT2D eigenvalue weighted by atomic mass is 16.5. The lowest BCUT2D eigenvalue weighted by molar-refractivity contribution is -0.307. The Labute approximate surface area is 794 Å². The number of benzene rings is 2. The van der Waals surface area contributed by atoms with Gasteiger partial charge in [-0.25, -0.2) is 0 Å². The average molecular weight is 1810 g/mol. The van der Waals surface area contributed by atoms with Crippen LogP contribution in [0, 0.1) is 200 Å². The van der Waals surface area contributed by atoms with Crippen molar-refractivity contribution in [3.05, 3.63) is 77.9 Å². The molecule has 35 unspecified atom stereocenters. The van der Waals surface area contributed by atoms with Crippen molar-refractivity contribution in [3.8, 4) is 6.07 Å². The van der Waals surface area contributed by atoms with Crippen LogP contribution in [0.5, 0.6) is 0 Å². The van der Waals surface area contributed by atoms with E-state index in [1.54, 1.807) is 0 Å². The number of allylic oxidation sites excluding steroid dienone is 1. The Morgan fingerprint density at radius 3 is 1.90 bits per heavy atom. The molecule has 728 valence electrons. The van der Waals surface area contributed by atoms with Crippen molar-refractivity contribution in [1.82, 2.24) is 0 Å². The van der Waals surface area contributed by atoms with Crippen molar-refractivity contribution in [2.45, 2.75) is 414 Å².